The quantitative estimate of drug-likeness (QED) is 0.609. The van der Waals surface area contributed by atoms with Gasteiger partial charge in [-0.15, -0.1) is 0 Å². The highest BCUT2D eigenvalue weighted by molar-refractivity contribution is 5.89. The van der Waals surface area contributed by atoms with Crippen LogP contribution in [0, 0.1) is 17.2 Å². The van der Waals surface area contributed by atoms with Crippen LogP contribution >= 0.6 is 0 Å². The molecule has 0 saturated carbocycles. The number of carbonyl (C=O) groups is 1. The van der Waals surface area contributed by atoms with E-state index in [1.807, 2.05) is 0 Å². The van der Waals surface area contributed by atoms with Crippen molar-refractivity contribution in [3.63, 3.8) is 0 Å². The number of amides is 1. The fraction of sp³-hybridized carbons (Fsp3) is 0.727. The van der Waals surface area contributed by atoms with E-state index in [0.29, 0.717) is 12.0 Å². The molecule has 1 rings (SSSR count). The Balaban J connectivity index is 2.56. The molecule has 0 aromatic heterocycles. The minimum Gasteiger partial charge on any atom is -0.334 e. The van der Waals surface area contributed by atoms with Gasteiger partial charge in [0.05, 0.1) is 31.4 Å². The van der Waals surface area contributed by atoms with Crippen molar-refractivity contribution in [3.05, 3.63) is 0 Å². The smallest absolute Gasteiger partial charge is 0.254 e. The summed E-state index contributed by atoms with van der Waals surface area (Å²) in [7, 11) is 2.17. The van der Waals surface area contributed by atoms with Crippen LogP contribution in [-0.2, 0) is 4.79 Å². The second-order valence-electron chi connectivity index (χ2n) is 4.53. The number of likely N-dealkylation sites (tertiary alicyclic amines) is 1. The molecule has 5 nitrogen and oxygen atoms in total. The van der Waals surface area contributed by atoms with E-state index in [2.05, 4.69) is 31.4 Å². The number of piperidine rings is 1. The van der Waals surface area contributed by atoms with Crippen LogP contribution in [0.15, 0.2) is 5.10 Å². The van der Waals surface area contributed by atoms with E-state index in [-0.39, 0.29) is 12.3 Å². The molecule has 3 atom stereocenters. The van der Waals surface area contributed by atoms with Crippen molar-refractivity contribution in [2.24, 2.45) is 11.0 Å². The maximum atomic E-state index is 11.1. The zero-order valence-corrected chi connectivity index (χ0v) is 10.1. The molecule has 0 radical (unpaired) electrons. The van der Waals surface area contributed by atoms with Crippen LogP contribution in [0.5, 0.6) is 0 Å². The van der Waals surface area contributed by atoms with Crippen LogP contribution in [0.4, 0.5) is 0 Å². The second kappa shape index (κ2) is 5.61. The minimum atomic E-state index is -0.332. The van der Waals surface area contributed by atoms with Crippen molar-refractivity contribution in [1.29, 1.82) is 5.26 Å². The first-order valence-electron chi connectivity index (χ1n) is 5.59. The van der Waals surface area contributed by atoms with Gasteiger partial charge in [-0.1, -0.05) is 6.92 Å². The Morgan fingerprint density at radius 2 is 2.38 bits per heavy atom. The van der Waals surface area contributed by atoms with Gasteiger partial charge in [0, 0.05) is 12.3 Å². The first-order valence-corrected chi connectivity index (χ1v) is 5.59. The fourth-order valence-electron chi connectivity index (χ4n) is 1.89. The molecule has 16 heavy (non-hydrogen) atoms. The van der Waals surface area contributed by atoms with Crippen molar-refractivity contribution >= 4 is 11.6 Å². The van der Waals surface area contributed by atoms with Crippen molar-refractivity contribution in [2.75, 3.05) is 13.6 Å². The van der Waals surface area contributed by atoms with Gasteiger partial charge in [0.25, 0.3) is 5.91 Å². The molecule has 0 bridgehead atoms. The number of nitrogens with zero attached hydrogens (tertiary/aromatic N) is 2. The summed E-state index contributed by atoms with van der Waals surface area (Å²) in [6, 6.07) is 2.33. The molecular formula is C11H19N4O+. The average Bonchev–Trinajstić information content (AvgIpc) is 2.22. The highest BCUT2D eigenvalue weighted by Gasteiger charge is 2.28. The predicted molar refractivity (Wildman–Crippen MR) is 60.8 cm³/mol. The molecule has 1 amide bonds. The number of hydrogen-bond acceptors (Lipinski definition) is 3. The number of rotatable bonds is 2. The largest absolute Gasteiger partial charge is 0.334 e. The van der Waals surface area contributed by atoms with E-state index in [1.54, 1.807) is 6.07 Å². The fourth-order valence-corrected chi connectivity index (χ4v) is 1.89. The van der Waals surface area contributed by atoms with E-state index >= 15 is 0 Å². The van der Waals surface area contributed by atoms with Crippen LogP contribution in [0.3, 0.4) is 0 Å². The average molecular weight is 223 g/mol. The summed E-state index contributed by atoms with van der Waals surface area (Å²) in [5.74, 6) is 0.0553. The van der Waals surface area contributed by atoms with Gasteiger partial charge in [0.15, 0.2) is 0 Å². The van der Waals surface area contributed by atoms with E-state index in [4.69, 9.17) is 5.26 Å². The molecule has 0 aliphatic carbocycles. The summed E-state index contributed by atoms with van der Waals surface area (Å²) in [5.41, 5.74) is 3.47. The molecule has 2 N–H and O–H groups in total. The topological polar surface area (TPSA) is 69.7 Å². The van der Waals surface area contributed by atoms with E-state index in [9.17, 15) is 4.79 Å². The number of quaternary nitrogens is 1. The number of hydrazone groups is 1. The molecule has 1 unspecified atom stereocenters. The van der Waals surface area contributed by atoms with Gasteiger partial charge in [-0.3, -0.25) is 4.79 Å². The molecule has 1 saturated heterocycles. The Labute approximate surface area is 96.1 Å². The van der Waals surface area contributed by atoms with Gasteiger partial charge in [0.1, 0.15) is 6.42 Å². The third-order valence-electron chi connectivity index (χ3n) is 3.12. The molecule has 1 heterocycles. The van der Waals surface area contributed by atoms with Crippen LogP contribution in [0.2, 0.25) is 0 Å². The first-order chi connectivity index (χ1) is 7.54. The molecule has 88 valence electrons. The molecule has 1 aliphatic heterocycles. The lowest BCUT2D eigenvalue weighted by atomic mass is 9.93. The third-order valence-corrected chi connectivity index (χ3v) is 3.12. The predicted octanol–water partition coefficient (Wildman–Crippen LogP) is -0.685. The van der Waals surface area contributed by atoms with Gasteiger partial charge in [-0.25, -0.2) is 5.43 Å². The summed E-state index contributed by atoms with van der Waals surface area (Å²) in [5, 5.41) is 12.5. The van der Waals surface area contributed by atoms with Crippen LogP contribution < -0.4 is 10.3 Å². The molecule has 0 aromatic carbocycles. The Morgan fingerprint density at radius 3 is 3.00 bits per heavy atom. The maximum absolute atomic E-state index is 11.1. The highest BCUT2D eigenvalue weighted by atomic mass is 16.2. The summed E-state index contributed by atoms with van der Waals surface area (Å²) < 4.78 is 0. The Morgan fingerprint density at radius 1 is 1.69 bits per heavy atom. The van der Waals surface area contributed by atoms with Crippen molar-refractivity contribution in [2.45, 2.75) is 32.7 Å². The zero-order valence-electron chi connectivity index (χ0n) is 10.1. The van der Waals surface area contributed by atoms with Crippen molar-refractivity contribution in [3.8, 4) is 6.07 Å². The number of nitrogens with one attached hydrogen (secondary N) is 2. The lowest BCUT2D eigenvalue weighted by Gasteiger charge is -2.31. The van der Waals surface area contributed by atoms with Crippen LogP contribution in [0.25, 0.3) is 0 Å². The number of nitriles is 1. The summed E-state index contributed by atoms with van der Waals surface area (Å²) >= 11 is 0. The normalized spacial score (nSPS) is 32.1. The Bertz CT molecular complexity index is 331. The van der Waals surface area contributed by atoms with Crippen molar-refractivity contribution < 1.29 is 9.69 Å². The monoisotopic (exact) mass is 223 g/mol. The Hall–Kier alpha value is -1.41. The summed E-state index contributed by atoms with van der Waals surface area (Å²) in [4.78, 5) is 12.6. The molecule has 5 heteroatoms. The third kappa shape index (κ3) is 3.31. The minimum absolute atomic E-state index is 0.133. The lowest BCUT2D eigenvalue weighted by Crippen LogP contribution is -3.14. The second-order valence-corrected chi connectivity index (χ2v) is 4.53. The van der Waals surface area contributed by atoms with Gasteiger partial charge in [0.2, 0.25) is 0 Å². The Kier molecular flexibility index (Phi) is 4.44. The number of hydrogen-bond donors (Lipinski definition) is 2. The summed E-state index contributed by atoms with van der Waals surface area (Å²) in [6.07, 6.45) is 0.770. The molecule has 0 spiro atoms. The lowest BCUT2D eigenvalue weighted by molar-refractivity contribution is -0.908. The number of carbonyl (C=O) groups excluding carboxylic acids is 1. The highest BCUT2D eigenvalue weighted by Crippen LogP contribution is 2.07. The van der Waals surface area contributed by atoms with E-state index in [1.165, 1.54) is 4.90 Å². The molecular weight excluding hydrogens is 204 g/mol. The maximum Gasteiger partial charge on any atom is 0.254 e. The SMILES string of the molecule is C[C@H]1C[NH+](C)[C@@H](C)C/C1=N/NC(=O)CC#N. The van der Waals surface area contributed by atoms with Crippen molar-refractivity contribution in [1.82, 2.24) is 5.43 Å². The zero-order chi connectivity index (χ0) is 12.1. The standard InChI is InChI=1S/C11H18N4O/c1-8-7-15(3)9(2)6-10(8)13-14-11(16)4-5-12/h8-9H,4,6-7H2,1-3H3,(H,14,16)/p+1/b13-10-/t8-,9-/m0/s1. The van der Waals surface area contributed by atoms with Gasteiger partial charge < -0.3 is 4.90 Å². The van der Waals surface area contributed by atoms with E-state index < -0.39 is 0 Å². The summed E-state index contributed by atoms with van der Waals surface area (Å²) in [6.45, 7) is 5.33. The molecule has 0 aromatic rings. The first kappa shape index (κ1) is 12.7. The van der Waals surface area contributed by atoms with Crippen LogP contribution in [-0.4, -0.2) is 31.3 Å². The van der Waals surface area contributed by atoms with Gasteiger partial charge in [-0.05, 0) is 6.92 Å². The molecule has 1 aliphatic rings. The van der Waals surface area contributed by atoms with Crippen LogP contribution in [0.1, 0.15) is 26.7 Å². The molecule has 1 fully saturated rings. The van der Waals surface area contributed by atoms with E-state index in [0.717, 1.165) is 18.7 Å². The van der Waals surface area contributed by atoms with Gasteiger partial charge >= 0.3 is 0 Å². The van der Waals surface area contributed by atoms with Gasteiger partial charge in [-0.2, -0.15) is 10.4 Å².